The van der Waals surface area contributed by atoms with E-state index in [0.29, 0.717) is 23.9 Å². The zero-order valence-corrected chi connectivity index (χ0v) is 9.96. The maximum Gasteiger partial charge on any atom is 0.291 e. The Morgan fingerprint density at radius 3 is 2.83 bits per heavy atom. The summed E-state index contributed by atoms with van der Waals surface area (Å²) in [7, 11) is 0. The highest BCUT2D eigenvalue weighted by molar-refractivity contribution is 5.81. The van der Waals surface area contributed by atoms with Crippen LogP contribution in [0.25, 0.3) is 11.0 Å². The van der Waals surface area contributed by atoms with Crippen LogP contribution in [0.4, 0.5) is 8.78 Å². The van der Waals surface area contributed by atoms with E-state index in [1.54, 1.807) is 24.3 Å². The third-order valence-electron chi connectivity index (χ3n) is 3.59. The average molecular weight is 251 g/mol. The molecule has 0 saturated carbocycles. The van der Waals surface area contributed by atoms with Crippen LogP contribution in [0.5, 0.6) is 0 Å². The summed E-state index contributed by atoms with van der Waals surface area (Å²) in [5.74, 6) is -2.88. The first-order valence-corrected chi connectivity index (χ1v) is 6.27. The average Bonchev–Trinajstić information content (AvgIpc) is 2.84. The van der Waals surface area contributed by atoms with Gasteiger partial charge < -0.3 is 9.73 Å². The fraction of sp³-hybridized carbons (Fsp3) is 0.429. The highest BCUT2D eigenvalue weighted by atomic mass is 19.3. The van der Waals surface area contributed by atoms with E-state index in [1.165, 1.54) is 6.26 Å². The van der Waals surface area contributed by atoms with Gasteiger partial charge in [-0.1, -0.05) is 24.6 Å². The number of rotatable bonds is 2. The quantitative estimate of drug-likeness (QED) is 0.881. The molecule has 1 N–H and O–H groups in total. The van der Waals surface area contributed by atoms with E-state index in [-0.39, 0.29) is 5.56 Å². The normalized spacial score (nSPS) is 21.3. The monoisotopic (exact) mass is 251 g/mol. The van der Waals surface area contributed by atoms with Gasteiger partial charge in [-0.05, 0) is 25.5 Å². The molecule has 2 heterocycles. The second-order valence-electron chi connectivity index (χ2n) is 4.77. The number of alkyl halides is 2. The molecule has 1 aromatic carbocycles. The van der Waals surface area contributed by atoms with E-state index in [0.717, 1.165) is 12.8 Å². The van der Waals surface area contributed by atoms with Gasteiger partial charge in [-0.25, -0.2) is 0 Å². The van der Waals surface area contributed by atoms with Gasteiger partial charge in [0, 0.05) is 5.39 Å². The molecular weight excluding hydrogens is 236 g/mol. The first-order chi connectivity index (χ1) is 8.69. The molecule has 1 fully saturated rings. The molecule has 1 unspecified atom stereocenters. The van der Waals surface area contributed by atoms with Crippen LogP contribution in [-0.2, 0) is 5.92 Å². The van der Waals surface area contributed by atoms with Gasteiger partial charge in [-0.15, -0.1) is 0 Å². The van der Waals surface area contributed by atoms with E-state index in [1.807, 2.05) is 0 Å². The van der Waals surface area contributed by atoms with Gasteiger partial charge >= 0.3 is 0 Å². The molecule has 0 radical (unpaired) electrons. The van der Waals surface area contributed by atoms with Gasteiger partial charge in [0.1, 0.15) is 11.8 Å². The van der Waals surface area contributed by atoms with Crippen molar-refractivity contribution in [3.05, 3.63) is 36.1 Å². The summed E-state index contributed by atoms with van der Waals surface area (Å²) in [6.45, 7) is 0.663. The van der Waals surface area contributed by atoms with Gasteiger partial charge in [0.25, 0.3) is 5.92 Å². The molecule has 2 aromatic rings. The van der Waals surface area contributed by atoms with Crippen LogP contribution >= 0.6 is 0 Å². The van der Waals surface area contributed by atoms with Crippen LogP contribution in [0.3, 0.4) is 0 Å². The molecule has 18 heavy (non-hydrogen) atoms. The number of hydrogen-bond donors (Lipinski definition) is 1. The van der Waals surface area contributed by atoms with E-state index >= 15 is 0 Å². The zero-order valence-electron chi connectivity index (χ0n) is 9.96. The predicted octanol–water partition coefficient (Wildman–Crippen LogP) is 3.67. The smallest absolute Gasteiger partial charge is 0.291 e. The summed E-state index contributed by atoms with van der Waals surface area (Å²) >= 11 is 0. The molecule has 1 aliphatic heterocycles. The largest absolute Gasteiger partial charge is 0.464 e. The van der Waals surface area contributed by atoms with Crippen molar-refractivity contribution in [3.8, 4) is 0 Å². The lowest BCUT2D eigenvalue weighted by Gasteiger charge is -2.30. The molecule has 3 rings (SSSR count). The maximum atomic E-state index is 14.5. The molecular formula is C14H15F2NO. The molecule has 1 atom stereocenters. The molecule has 1 aromatic heterocycles. The molecule has 1 aliphatic rings. The van der Waals surface area contributed by atoms with Crippen LogP contribution in [-0.4, -0.2) is 12.6 Å². The first kappa shape index (κ1) is 11.7. The van der Waals surface area contributed by atoms with Crippen molar-refractivity contribution in [1.82, 2.24) is 5.32 Å². The number of furan rings is 1. The Hall–Kier alpha value is -1.42. The van der Waals surface area contributed by atoms with Crippen molar-refractivity contribution in [1.29, 1.82) is 0 Å². The predicted molar refractivity (Wildman–Crippen MR) is 65.7 cm³/mol. The number of hydrogen-bond acceptors (Lipinski definition) is 2. The lowest BCUT2D eigenvalue weighted by atomic mass is 9.93. The van der Waals surface area contributed by atoms with Gasteiger partial charge in [-0.2, -0.15) is 8.78 Å². The van der Waals surface area contributed by atoms with Gasteiger partial charge in [0.15, 0.2) is 0 Å². The Balaban J connectivity index is 2.01. The van der Waals surface area contributed by atoms with Crippen LogP contribution in [0.15, 0.2) is 34.9 Å². The van der Waals surface area contributed by atoms with Crippen LogP contribution in [0.2, 0.25) is 0 Å². The molecule has 4 heteroatoms. The van der Waals surface area contributed by atoms with Gasteiger partial charge in [0.05, 0.1) is 11.6 Å². The third kappa shape index (κ3) is 1.81. The molecule has 0 amide bonds. The van der Waals surface area contributed by atoms with Crippen molar-refractivity contribution in [2.75, 3.05) is 6.54 Å². The minimum absolute atomic E-state index is 0.00231. The highest BCUT2D eigenvalue weighted by Crippen LogP contribution is 2.39. The highest BCUT2D eigenvalue weighted by Gasteiger charge is 2.43. The van der Waals surface area contributed by atoms with Crippen molar-refractivity contribution < 1.29 is 13.2 Å². The van der Waals surface area contributed by atoms with Crippen LogP contribution < -0.4 is 5.32 Å². The topological polar surface area (TPSA) is 25.2 Å². The SMILES string of the molecule is FC(F)(c1coc2ccccc12)C1CCCCN1. The number of para-hydroxylation sites is 1. The second kappa shape index (κ2) is 4.35. The van der Waals surface area contributed by atoms with E-state index in [4.69, 9.17) is 4.42 Å². The minimum atomic E-state index is -2.88. The minimum Gasteiger partial charge on any atom is -0.464 e. The first-order valence-electron chi connectivity index (χ1n) is 6.27. The summed E-state index contributed by atoms with van der Waals surface area (Å²) in [5.41, 5.74) is 0.514. The summed E-state index contributed by atoms with van der Waals surface area (Å²) in [4.78, 5) is 0. The van der Waals surface area contributed by atoms with Crippen molar-refractivity contribution >= 4 is 11.0 Å². The maximum absolute atomic E-state index is 14.5. The van der Waals surface area contributed by atoms with Crippen molar-refractivity contribution in [3.63, 3.8) is 0 Å². The van der Waals surface area contributed by atoms with Gasteiger partial charge in [0.2, 0.25) is 0 Å². The lowest BCUT2D eigenvalue weighted by Crippen LogP contribution is -2.45. The van der Waals surface area contributed by atoms with E-state index in [2.05, 4.69) is 5.32 Å². The van der Waals surface area contributed by atoms with Crippen LogP contribution in [0, 0.1) is 0 Å². The summed E-state index contributed by atoms with van der Waals surface area (Å²) < 4.78 is 34.2. The number of fused-ring (bicyclic) bond motifs is 1. The van der Waals surface area contributed by atoms with Crippen molar-refractivity contribution in [2.24, 2.45) is 0 Å². The Morgan fingerprint density at radius 2 is 2.06 bits per heavy atom. The number of benzene rings is 1. The molecule has 2 nitrogen and oxygen atoms in total. The van der Waals surface area contributed by atoms with Gasteiger partial charge in [-0.3, -0.25) is 0 Å². The Morgan fingerprint density at radius 1 is 1.22 bits per heavy atom. The third-order valence-corrected chi connectivity index (χ3v) is 3.59. The molecule has 1 saturated heterocycles. The zero-order chi connectivity index (χ0) is 12.6. The Kier molecular flexibility index (Phi) is 2.82. The Bertz CT molecular complexity index is 543. The number of nitrogens with one attached hydrogen (secondary N) is 1. The molecule has 96 valence electrons. The number of halogens is 2. The summed E-state index contributed by atoms with van der Waals surface area (Å²) in [6.07, 6.45) is 3.52. The van der Waals surface area contributed by atoms with Crippen molar-refractivity contribution in [2.45, 2.75) is 31.2 Å². The summed E-state index contributed by atoms with van der Waals surface area (Å²) in [5, 5.41) is 3.43. The fourth-order valence-corrected chi connectivity index (χ4v) is 2.58. The molecule has 0 aliphatic carbocycles. The number of piperidine rings is 1. The standard InChI is InChI=1S/C14H15F2NO/c15-14(16,13-7-3-4-8-17-13)11-9-18-12-6-2-1-5-10(11)12/h1-2,5-6,9,13,17H,3-4,7-8H2. The van der Waals surface area contributed by atoms with Crippen LogP contribution in [0.1, 0.15) is 24.8 Å². The Labute approximate surface area is 104 Å². The molecule has 0 bridgehead atoms. The van der Waals surface area contributed by atoms with E-state index in [9.17, 15) is 8.78 Å². The lowest BCUT2D eigenvalue weighted by molar-refractivity contribution is -0.0504. The molecule has 0 spiro atoms. The summed E-state index contributed by atoms with van der Waals surface area (Å²) in [6, 6.07) is 6.15. The second-order valence-corrected chi connectivity index (χ2v) is 4.77. The van der Waals surface area contributed by atoms with E-state index < -0.39 is 12.0 Å². The fourth-order valence-electron chi connectivity index (χ4n) is 2.58.